The Morgan fingerprint density at radius 2 is 1.90 bits per heavy atom. The molecule has 1 aromatic carbocycles. The maximum Gasteiger partial charge on any atom is 0.272 e. The fourth-order valence-electron chi connectivity index (χ4n) is 3.93. The Morgan fingerprint density at radius 1 is 1.24 bits per heavy atom. The van der Waals surface area contributed by atoms with E-state index in [4.69, 9.17) is 6.42 Å². The number of sulfone groups is 1. The van der Waals surface area contributed by atoms with E-state index >= 15 is 0 Å². The van der Waals surface area contributed by atoms with Gasteiger partial charge in [-0.3, -0.25) is 10.1 Å². The number of nitro benzene ring substituents is 1. The summed E-state index contributed by atoms with van der Waals surface area (Å²) < 4.78 is 27.4. The fraction of sp³-hybridized carbons (Fsp3) is 0.619. The van der Waals surface area contributed by atoms with Gasteiger partial charge in [0.1, 0.15) is 0 Å². The molecule has 1 aromatic rings. The van der Waals surface area contributed by atoms with E-state index in [0.717, 1.165) is 25.8 Å². The van der Waals surface area contributed by atoms with Crippen molar-refractivity contribution < 1.29 is 13.3 Å². The van der Waals surface area contributed by atoms with Crippen LogP contribution in [0.2, 0.25) is 0 Å². The predicted molar refractivity (Wildman–Crippen MR) is 116 cm³/mol. The van der Waals surface area contributed by atoms with Crippen LogP contribution >= 0.6 is 0 Å². The molecular formula is C21H31N3O4S. The van der Waals surface area contributed by atoms with E-state index < -0.39 is 20.0 Å². The predicted octanol–water partition coefficient (Wildman–Crippen LogP) is 3.46. The van der Waals surface area contributed by atoms with E-state index in [1.54, 1.807) is 0 Å². The highest BCUT2D eigenvalue weighted by Gasteiger charge is 2.34. The van der Waals surface area contributed by atoms with Gasteiger partial charge < -0.3 is 9.80 Å². The maximum absolute atomic E-state index is 13.7. The SMILES string of the molecule is C#Cc1cc([N+](=O)[O-])cc(S(=O)(=O)C2CCCN(C)CC2)c1N(CCC)CCC. The van der Waals surface area contributed by atoms with Gasteiger partial charge in [-0.25, -0.2) is 8.42 Å². The number of non-ortho nitro benzene ring substituents is 1. The fourth-order valence-corrected chi connectivity index (χ4v) is 5.97. The van der Waals surface area contributed by atoms with Crippen LogP contribution in [0.15, 0.2) is 17.0 Å². The Kier molecular flexibility index (Phi) is 8.05. The first kappa shape index (κ1) is 23.2. The van der Waals surface area contributed by atoms with Crippen molar-refractivity contribution in [2.24, 2.45) is 0 Å². The Hall–Kier alpha value is -2.11. The molecule has 1 aliphatic heterocycles. The number of likely N-dealkylation sites (tertiary alicyclic amines) is 1. The van der Waals surface area contributed by atoms with Gasteiger partial charge in [0.05, 0.1) is 26.3 Å². The standard InChI is InChI=1S/C21H31N3O4S/c1-5-11-23(12-6-2)21-17(7-3)15-18(24(25)26)16-20(21)29(27,28)19-9-8-13-22(4)14-10-19/h3,15-16,19H,5-6,8-14H2,1-2,4H3. The summed E-state index contributed by atoms with van der Waals surface area (Å²) in [6.45, 7) is 6.83. The third-order valence-electron chi connectivity index (χ3n) is 5.37. The molecule has 0 amide bonds. The summed E-state index contributed by atoms with van der Waals surface area (Å²) in [5.74, 6) is 2.50. The molecule has 7 nitrogen and oxygen atoms in total. The number of hydrogen-bond acceptors (Lipinski definition) is 6. The summed E-state index contributed by atoms with van der Waals surface area (Å²) in [6, 6.07) is 2.52. The molecule has 1 heterocycles. The zero-order valence-electron chi connectivity index (χ0n) is 17.6. The molecular weight excluding hydrogens is 390 g/mol. The van der Waals surface area contributed by atoms with E-state index in [1.807, 2.05) is 25.8 Å². The lowest BCUT2D eigenvalue weighted by Crippen LogP contribution is -2.30. The van der Waals surface area contributed by atoms with Crippen molar-refractivity contribution in [3.8, 4) is 12.3 Å². The Labute approximate surface area is 174 Å². The van der Waals surface area contributed by atoms with Crippen molar-refractivity contribution in [2.45, 2.75) is 56.1 Å². The molecule has 0 radical (unpaired) electrons. The second-order valence-electron chi connectivity index (χ2n) is 7.63. The largest absolute Gasteiger partial charge is 0.369 e. The van der Waals surface area contributed by atoms with Gasteiger partial charge in [-0.1, -0.05) is 19.8 Å². The van der Waals surface area contributed by atoms with E-state index in [2.05, 4.69) is 10.8 Å². The number of anilines is 1. The Balaban J connectivity index is 2.70. The molecule has 160 valence electrons. The van der Waals surface area contributed by atoms with Crippen molar-refractivity contribution in [1.29, 1.82) is 0 Å². The van der Waals surface area contributed by atoms with E-state index in [-0.39, 0.29) is 16.1 Å². The Morgan fingerprint density at radius 3 is 2.45 bits per heavy atom. The lowest BCUT2D eigenvalue weighted by Gasteiger charge is -2.28. The minimum atomic E-state index is -3.78. The average Bonchev–Trinajstić information content (AvgIpc) is 2.91. The Bertz CT molecular complexity index is 871. The third kappa shape index (κ3) is 5.28. The van der Waals surface area contributed by atoms with E-state index in [9.17, 15) is 18.5 Å². The molecule has 2 rings (SSSR count). The average molecular weight is 422 g/mol. The van der Waals surface area contributed by atoms with Gasteiger partial charge in [-0.2, -0.15) is 0 Å². The number of hydrogen-bond donors (Lipinski definition) is 0. The molecule has 1 fully saturated rings. The summed E-state index contributed by atoms with van der Waals surface area (Å²) in [5.41, 5.74) is 0.434. The van der Waals surface area contributed by atoms with Gasteiger partial charge in [-0.05, 0) is 52.2 Å². The van der Waals surface area contributed by atoms with Crippen LogP contribution in [0.25, 0.3) is 0 Å². The van der Waals surface area contributed by atoms with E-state index in [1.165, 1.54) is 12.1 Å². The molecule has 1 unspecified atom stereocenters. The number of nitrogens with zero attached hydrogens (tertiary/aromatic N) is 3. The van der Waals surface area contributed by atoms with Gasteiger partial charge >= 0.3 is 0 Å². The molecule has 29 heavy (non-hydrogen) atoms. The van der Waals surface area contributed by atoms with Gasteiger partial charge in [-0.15, -0.1) is 6.42 Å². The molecule has 1 aliphatic rings. The van der Waals surface area contributed by atoms with Crippen molar-refractivity contribution >= 4 is 21.2 Å². The minimum Gasteiger partial charge on any atom is -0.369 e. The highest BCUT2D eigenvalue weighted by molar-refractivity contribution is 7.92. The first-order chi connectivity index (χ1) is 13.8. The zero-order valence-corrected chi connectivity index (χ0v) is 18.4. The minimum absolute atomic E-state index is 0.0103. The first-order valence-corrected chi connectivity index (χ1v) is 11.8. The lowest BCUT2D eigenvalue weighted by atomic mass is 10.1. The molecule has 0 spiro atoms. The maximum atomic E-state index is 13.7. The van der Waals surface area contributed by atoms with Gasteiger partial charge in [0.15, 0.2) is 9.84 Å². The van der Waals surface area contributed by atoms with Crippen LogP contribution in [-0.2, 0) is 9.84 Å². The van der Waals surface area contributed by atoms with Crippen molar-refractivity contribution in [3.63, 3.8) is 0 Å². The normalized spacial score (nSPS) is 18.1. The van der Waals surface area contributed by atoms with Gasteiger partial charge in [0.2, 0.25) is 0 Å². The smallest absolute Gasteiger partial charge is 0.272 e. The molecule has 0 aromatic heterocycles. The van der Waals surface area contributed by atoms with Crippen molar-refractivity contribution in [3.05, 3.63) is 27.8 Å². The zero-order chi connectivity index (χ0) is 21.6. The summed E-state index contributed by atoms with van der Waals surface area (Å²) in [5, 5.41) is 10.9. The molecule has 0 N–H and O–H groups in total. The van der Waals surface area contributed by atoms with Crippen LogP contribution in [0.4, 0.5) is 11.4 Å². The van der Waals surface area contributed by atoms with Crippen molar-refractivity contribution in [2.75, 3.05) is 38.1 Å². The molecule has 8 heteroatoms. The molecule has 0 saturated carbocycles. The first-order valence-electron chi connectivity index (χ1n) is 10.2. The second kappa shape index (κ2) is 10.1. The lowest BCUT2D eigenvalue weighted by molar-refractivity contribution is -0.385. The third-order valence-corrected chi connectivity index (χ3v) is 7.65. The summed E-state index contributed by atoms with van der Waals surface area (Å²) in [7, 11) is -1.80. The second-order valence-corrected chi connectivity index (χ2v) is 9.83. The van der Waals surface area contributed by atoms with Gasteiger partial charge in [0.25, 0.3) is 5.69 Å². The molecule has 0 bridgehead atoms. The summed E-state index contributed by atoms with van der Waals surface area (Å²) >= 11 is 0. The van der Waals surface area contributed by atoms with Crippen LogP contribution in [0, 0.1) is 22.5 Å². The van der Waals surface area contributed by atoms with E-state index in [0.29, 0.717) is 38.2 Å². The van der Waals surface area contributed by atoms with Crippen LogP contribution in [0.1, 0.15) is 51.5 Å². The van der Waals surface area contributed by atoms with Crippen LogP contribution in [0.5, 0.6) is 0 Å². The summed E-state index contributed by atoms with van der Waals surface area (Å²) in [6.07, 6.45) is 9.14. The monoisotopic (exact) mass is 421 g/mol. The number of benzene rings is 1. The molecule has 1 saturated heterocycles. The van der Waals surface area contributed by atoms with Gasteiger partial charge in [0, 0.05) is 25.2 Å². The van der Waals surface area contributed by atoms with Crippen LogP contribution in [0.3, 0.4) is 0 Å². The highest BCUT2D eigenvalue weighted by atomic mass is 32.2. The van der Waals surface area contributed by atoms with Crippen LogP contribution < -0.4 is 4.90 Å². The topological polar surface area (TPSA) is 83.8 Å². The number of rotatable bonds is 8. The number of terminal acetylenes is 1. The quantitative estimate of drug-likeness (QED) is 0.363. The molecule has 1 atom stereocenters. The van der Waals surface area contributed by atoms with Crippen molar-refractivity contribution in [1.82, 2.24) is 4.90 Å². The summed E-state index contributed by atoms with van der Waals surface area (Å²) in [4.78, 5) is 15.0. The molecule has 0 aliphatic carbocycles. The van der Waals surface area contributed by atoms with Crippen LogP contribution in [-0.4, -0.2) is 56.7 Å². The highest BCUT2D eigenvalue weighted by Crippen LogP contribution is 2.37. The number of nitro groups is 1.